The summed E-state index contributed by atoms with van der Waals surface area (Å²) < 4.78 is 25.9. The molecule has 1 unspecified atom stereocenters. The maximum atomic E-state index is 13.1. The van der Waals surface area contributed by atoms with Gasteiger partial charge in [-0.15, -0.1) is 0 Å². The summed E-state index contributed by atoms with van der Waals surface area (Å²) in [6.45, 7) is 0. The molecule has 0 spiro atoms. The number of rotatable bonds is 3. The van der Waals surface area contributed by atoms with Crippen molar-refractivity contribution in [1.29, 1.82) is 0 Å². The van der Waals surface area contributed by atoms with Gasteiger partial charge in [0.05, 0.1) is 0 Å². The molecular formula is C14H11Cl2F2N. The van der Waals surface area contributed by atoms with Gasteiger partial charge in [-0.25, -0.2) is 8.78 Å². The fourth-order valence-corrected chi connectivity index (χ4v) is 2.27. The first-order valence-corrected chi connectivity index (χ1v) is 6.37. The standard InChI is InChI=1S/C14H11Cl2F2N/c15-9-2-3-11(16)10(7-9)14(19)6-8-1-4-12(17)13(18)5-8/h1-5,7,14H,6,19H2. The molecule has 19 heavy (non-hydrogen) atoms. The molecule has 1 nitrogen and oxygen atoms in total. The van der Waals surface area contributed by atoms with Crippen molar-refractivity contribution >= 4 is 23.2 Å². The summed E-state index contributed by atoms with van der Waals surface area (Å²) in [5, 5.41) is 1.03. The van der Waals surface area contributed by atoms with E-state index in [0.29, 0.717) is 27.6 Å². The van der Waals surface area contributed by atoms with Crippen molar-refractivity contribution < 1.29 is 8.78 Å². The second-order valence-electron chi connectivity index (χ2n) is 4.22. The lowest BCUT2D eigenvalue weighted by molar-refractivity contribution is 0.506. The molecule has 0 saturated carbocycles. The van der Waals surface area contributed by atoms with E-state index < -0.39 is 17.7 Å². The Morgan fingerprint density at radius 1 is 1.00 bits per heavy atom. The molecule has 0 aliphatic rings. The Bertz CT molecular complexity index is 602. The van der Waals surface area contributed by atoms with E-state index in [1.807, 2.05) is 0 Å². The summed E-state index contributed by atoms with van der Waals surface area (Å²) in [6, 6.07) is 8.27. The first-order valence-electron chi connectivity index (χ1n) is 5.62. The van der Waals surface area contributed by atoms with E-state index >= 15 is 0 Å². The van der Waals surface area contributed by atoms with Crippen LogP contribution < -0.4 is 5.73 Å². The van der Waals surface area contributed by atoms with Gasteiger partial charge in [0.1, 0.15) is 0 Å². The maximum absolute atomic E-state index is 13.1. The molecule has 0 heterocycles. The lowest BCUT2D eigenvalue weighted by Gasteiger charge is -2.14. The summed E-state index contributed by atoms with van der Waals surface area (Å²) in [5.41, 5.74) is 7.30. The monoisotopic (exact) mass is 301 g/mol. The Labute approximate surface area is 119 Å². The van der Waals surface area contributed by atoms with Crippen LogP contribution in [0.25, 0.3) is 0 Å². The molecule has 100 valence electrons. The van der Waals surface area contributed by atoms with Gasteiger partial charge >= 0.3 is 0 Å². The molecule has 2 aromatic rings. The van der Waals surface area contributed by atoms with Crippen LogP contribution in [0.4, 0.5) is 8.78 Å². The van der Waals surface area contributed by atoms with Crippen LogP contribution in [0.15, 0.2) is 36.4 Å². The largest absolute Gasteiger partial charge is 0.324 e. The summed E-state index contributed by atoms with van der Waals surface area (Å²) in [5.74, 6) is -1.76. The van der Waals surface area contributed by atoms with E-state index in [4.69, 9.17) is 28.9 Å². The van der Waals surface area contributed by atoms with E-state index in [0.717, 1.165) is 12.1 Å². The van der Waals surface area contributed by atoms with Gasteiger partial charge in [0, 0.05) is 16.1 Å². The van der Waals surface area contributed by atoms with E-state index in [1.54, 1.807) is 18.2 Å². The van der Waals surface area contributed by atoms with E-state index in [1.165, 1.54) is 6.07 Å². The summed E-state index contributed by atoms with van der Waals surface area (Å²) in [4.78, 5) is 0. The molecule has 0 radical (unpaired) electrons. The Morgan fingerprint density at radius 2 is 1.74 bits per heavy atom. The van der Waals surface area contributed by atoms with Crippen LogP contribution in [-0.2, 0) is 6.42 Å². The van der Waals surface area contributed by atoms with Gasteiger partial charge in [-0.2, -0.15) is 0 Å². The highest BCUT2D eigenvalue weighted by molar-refractivity contribution is 6.33. The molecule has 2 aromatic carbocycles. The topological polar surface area (TPSA) is 26.0 Å². The average Bonchev–Trinajstić information content (AvgIpc) is 2.36. The molecule has 0 fully saturated rings. The van der Waals surface area contributed by atoms with Crippen molar-refractivity contribution in [2.75, 3.05) is 0 Å². The van der Waals surface area contributed by atoms with Crippen molar-refractivity contribution in [1.82, 2.24) is 0 Å². The van der Waals surface area contributed by atoms with Crippen LogP contribution in [0.1, 0.15) is 17.2 Å². The molecule has 5 heteroatoms. The molecule has 2 rings (SSSR count). The Kier molecular flexibility index (Phi) is 4.40. The maximum Gasteiger partial charge on any atom is 0.159 e. The average molecular weight is 302 g/mol. The lowest BCUT2D eigenvalue weighted by Crippen LogP contribution is -2.14. The quantitative estimate of drug-likeness (QED) is 0.886. The highest BCUT2D eigenvalue weighted by Crippen LogP contribution is 2.27. The summed E-state index contributed by atoms with van der Waals surface area (Å²) in [6.07, 6.45) is 0.345. The molecular weight excluding hydrogens is 291 g/mol. The van der Waals surface area contributed by atoms with E-state index in [2.05, 4.69) is 0 Å². The smallest absolute Gasteiger partial charge is 0.159 e. The predicted molar refractivity (Wildman–Crippen MR) is 73.5 cm³/mol. The zero-order valence-electron chi connectivity index (χ0n) is 9.84. The second-order valence-corrected chi connectivity index (χ2v) is 5.07. The van der Waals surface area contributed by atoms with Crippen molar-refractivity contribution in [3.05, 3.63) is 69.2 Å². The van der Waals surface area contributed by atoms with Gasteiger partial charge in [-0.3, -0.25) is 0 Å². The van der Waals surface area contributed by atoms with Crippen molar-refractivity contribution in [2.45, 2.75) is 12.5 Å². The third kappa shape index (κ3) is 3.44. The van der Waals surface area contributed by atoms with Gasteiger partial charge < -0.3 is 5.73 Å². The minimum atomic E-state index is -0.887. The number of halogens is 4. The fraction of sp³-hybridized carbons (Fsp3) is 0.143. The molecule has 0 bridgehead atoms. The van der Waals surface area contributed by atoms with Crippen LogP contribution in [0.5, 0.6) is 0 Å². The zero-order valence-corrected chi connectivity index (χ0v) is 11.3. The molecule has 0 saturated heterocycles. The third-order valence-corrected chi connectivity index (χ3v) is 3.38. The number of hydrogen-bond acceptors (Lipinski definition) is 1. The second kappa shape index (κ2) is 5.87. The van der Waals surface area contributed by atoms with Crippen LogP contribution >= 0.6 is 23.2 Å². The first kappa shape index (κ1) is 14.3. The molecule has 1 atom stereocenters. The Balaban J connectivity index is 2.22. The highest BCUT2D eigenvalue weighted by Gasteiger charge is 2.13. The van der Waals surface area contributed by atoms with Gasteiger partial charge in [-0.1, -0.05) is 29.3 Å². The minimum absolute atomic E-state index is 0.345. The molecule has 0 amide bonds. The van der Waals surface area contributed by atoms with Crippen molar-refractivity contribution in [3.8, 4) is 0 Å². The zero-order chi connectivity index (χ0) is 14.0. The van der Waals surface area contributed by atoms with Gasteiger partial charge in [0.25, 0.3) is 0 Å². The van der Waals surface area contributed by atoms with Crippen molar-refractivity contribution in [2.24, 2.45) is 5.73 Å². The number of nitrogens with two attached hydrogens (primary N) is 1. The van der Waals surface area contributed by atoms with Crippen LogP contribution in [0.3, 0.4) is 0 Å². The highest BCUT2D eigenvalue weighted by atomic mass is 35.5. The van der Waals surface area contributed by atoms with Crippen LogP contribution in [0.2, 0.25) is 10.0 Å². The van der Waals surface area contributed by atoms with E-state index in [9.17, 15) is 8.78 Å². The first-order chi connectivity index (χ1) is 8.97. The minimum Gasteiger partial charge on any atom is -0.324 e. The third-order valence-electron chi connectivity index (χ3n) is 2.80. The fourth-order valence-electron chi connectivity index (χ4n) is 1.83. The summed E-state index contributed by atoms with van der Waals surface area (Å²) in [7, 11) is 0. The molecule has 2 N–H and O–H groups in total. The molecule has 0 aromatic heterocycles. The van der Waals surface area contributed by atoms with Crippen molar-refractivity contribution in [3.63, 3.8) is 0 Å². The molecule has 0 aliphatic carbocycles. The van der Waals surface area contributed by atoms with Crippen LogP contribution in [0, 0.1) is 11.6 Å². The van der Waals surface area contributed by atoms with Gasteiger partial charge in [0.2, 0.25) is 0 Å². The molecule has 0 aliphatic heterocycles. The SMILES string of the molecule is NC(Cc1ccc(F)c(F)c1)c1cc(Cl)ccc1Cl. The normalized spacial score (nSPS) is 12.5. The number of hydrogen-bond donors (Lipinski definition) is 1. The Hall–Kier alpha value is -1.16. The lowest BCUT2D eigenvalue weighted by atomic mass is 9.99. The van der Waals surface area contributed by atoms with Crippen LogP contribution in [-0.4, -0.2) is 0 Å². The summed E-state index contributed by atoms with van der Waals surface area (Å²) >= 11 is 11.9. The van der Waals surface area contributed by atoms with E-state index in [-0.39, 0.29) is 0 Å². The predicted octanol–water partition coefficient (Wildman–Crippen LogP) is 4.51. The van der Waals surface area contributed by atoms with Gasteiger partial charge in [-0.05, 0) is 47.9 Å². The number of benzene rings is 2. The van der Waals surface area contributed by atoms with Gasteiger partial charge in [0.15, 0.2) is 11.6 Å². The Morgan fingerprint density at radius 3 is 2.42 bits per heavy atom.